The van der Waals surface area contributed by atoms with Gasteiger partial charge in [0.2, 0.25) is 0 Å². The van der Waals surface area contributed by atoms with E-state index in [1.807, 2.05) is 44.2 Å². The topological polar surface area (TPSA) is 33.0 Å². The lowest BCUT2D eigenvalue weighted by atomic mass is 10.0. The van der Waals surface area contributed by atoms with E-state index in [9.17, 15) is 9.65 Å². The van der Waals surface area contributed by atoms with Crippen molar-refractivity contribution in [2.75, 3.05) is 0 Å². The quantitative estimate of drug-likeness (QED) is 0.356. The van der Waals surface area contributed by atoms with Crippen molar-refractivity contribution in [3.8, 4) is 11.8 Å². The van der Waals surface area contributed by atoms with Gasteiger partial charge >= 0.3 is 0 Å². The third-order valence-corrected chi connectivity index (χ3v) is 4.62. The molecular weight excluding hydrogens is 373 g/mol. The number of rotatable bonds is 5. The number of ether oxygens (including phenoxy) is 1. The van der Waals surface area contributed by atoms with Crippen LogP contribution in [0, 0.1) is 31.0 Å². The Balaban J connectivity index is 1.83. The molecule has 0 unspecified atom stereocenters. The number of hydrogen-bond donors (Lipinski definition) is 0. The number of allylic oxidation sites excluding steroid dienone is 1. The van der Waals surface area contributed by atoms with Crippen molar-refractivity contribution >= 4 is 23.3 Å². The standard InChI is InChI=1S/C24H19ClFNO/c1-16-11-19(13-21(14-27)20-5-7-22(25)8-6-20)12-17(2)24(16)28-15-18-3-9-23(26)10-4-18/h3-13H,15H2,1-2H3/b21-13+. The molecule has 3 rings (SSSR count). The van der Waals surface area contributed by atoms with Crippen molar-refractivity contribution in [3.63, 3.8) is 0 Å². The average molecular weight is 392 g/mol. The van der Waals surface area contributed by atoms with Crippen LogP contribution in [-0.2, 0) is 6.61 Å². The zero-order valence-corrected chi connectivity index (χ0v) is 16.4. The van der Waals surface area contributed by atoms with Gasteiger partial charge in [-0.05, 0) is 84.1 Å². The lowest BCUT2D eigenvalue weighted by molar-refractivity contribution is 0.302. The summed E-state index contributed by atoms with van der Waals surface area (Å²) in [6.07, 6.45) is 1.85. The summed E-state index contributed by atoms with van der Waals surface area (Å²) >= 11 is 5.93. The van der Waals surface area contributed by atoms with Gasteiger partial charge in [0.05, 0.1) is 11.6 Å². The van der Waals surface area contributed by atoms with E-state index < -0.39 is 0 Å². The van der Waals surface area contributed by atoms with Gasteiger partial charge in [0.15, 0.2) is 0 Å². The summed E-state index contributed by atoms with van der Waals surface area (Å²) in [6.45, 7) is 4.31. The van der Waals surface area contributed by atoms with Gasteiger partial charge in [0.25, 0.3) is 0 Å². The van der Waals surface area contributed by atoms with E-state index in [1.165, 1.54) is 12.1 Å². The molecule has 0 radical (unpaired) electrons. The summed E-state index contributed by atoms with van der Waals surface area (Å²) in [4.78, 5) is 0. The molecular formula is C24H19ClFNO. The van der Waals surface area contributed by atoms with Crippen LogP contribution in [0.25, 0.3) is 11.6 Å². The van der Waals surface area contributed by atoms with Crippen molar-refractivity contribution in [1.29, 1.82) is 5.26 Å². The van der Waals surface area contributed by atoms with Gasteiger partial charge in [-0.15, -0.1) is 0 Å². The first-order valence-electron chi connectivity index (χ1n) is 8.82. The van der Waals surface area contributed by atoms with Crippen molar-refractivity contribution in [3.05, 3.63) is 99.3 Å². The fourth-order valence-corrected chi connectivity index (χ4v) is 3.13. The molecule has 140 valence electrons. The predicted molar refractivity (Wildman–Crippen MR) is 112 cm³/mol. The fraction of sp³-hybridized carbons (Fsp3) is 0.125. The third-order valence-electron chi connectivity index (χ3n) is 4.37. The number of halogens is 2. The summed E-state index contributed by atoms with van der Waals surface area (Å²) in [5.74, 6) is 0.535. The third kappa shape index (κ3) is 4.79. The van der Waals surface area contributed by atoms with Crippen molar-refractivity contribution in [1.82, 2.24) is 0 Å². The van der Waals surface area contributed by atoms with E-state index in [1.54, 1.807) is 24.3 Å². The average Bonchev–Trinajstić information content (AvgIpc) is 2.67. The van der Waals surface area contributed by atoms with E-state index in [0.717, 1.165) is 33.6 Å². The van der Waals surface area contributed by atoms with Crippen molar-refractivity contribution in [2.45, 2.75) is 20.5 Å². The number of nitrogens with zero attached hydrogens (tertiary/aromatic N) is 1. The SMILES string of the molecule is Cc1cc(/C=C(\C#N)c2ccc(Cl)cc2)cc(C)c1OCc1ccc(F)cc1. The molecule has 0 saturated heterocycles. The first-order chi connectivity index (χ1) is 13.5. The minimum absolute atomic E-state index is 0.263. The minimum Gasteiger partial charge on any atom is -0.488 e. The molecule has 0 aliphatic carbocycles. The molecule has 3 aromatic carbocycles. The highest BCUT2D eigenvalue weighted by Gasteiger charge is 2.08. The van der Waals surface area contributed by atoms with Crippen molar-refractivity contribution < 1.29 is 9.13 Å². The molecule has 0 heterocycles. The van der Waals surface area contributed by atoms with E-state index in [0.29, 0.717) is 17.2 Å². The number of hydrogen-bond acceptors (Lipinski definition) is 2. The number of nitriles is 1. The molecule has 0 spiro atoms. The zero-order chi connectivity index (χ0) is 20.1. The molecule has 2 nitrogen and oxygen atoms in total. The highest BCUT2D eigenvalue weighted by molar-refractivity contribution is 6.30. The number of benzene rings is 3. The monoisotopic (exact) mass is 391 g/mol. The predicted octanol–water partition coefficient (Wildman–Crippen LogP) is 6.74. The summed E-state index contributed by atoms with van der Waals surface area (Å²) in [5.41, 5.74) is 5.16. The molecule has 0 aliphatic rings. The van der Waals surface area contributed by atoms with Gasteiger partial charge < -0.3 is 4.74 Å². The maximum absolute atomic E-state index is 13.0. The Morgan fingerprint density at radius 1 is 1.04 bits per heavy atom. The van der Waals surface area contributed by atoms with Crippen LogP contribution >= 0.6 is 11.6 Å². The first kappa shape index (κ1) is 19.7. The summed E-state index contributed by atoms with van der Waals surface area (Å²) < 4.78 is 19.0. The molecule has 0 aromatic heterocycles. The second-order valence-electron chi connectivity index (χ2n) is 6.58. The largest absolute Gasteiger partial charge is 0.488 e. The van der Waals surface area contributed by atoms with Gasteiger partial charge in [-0.3, -0.25) is 0 Å². The van der Waals surface area contributed by atoms with Crippen LogP contribution in [0.1, 0.15) is 27.8 Å². The van der Waals surface area contributed by atoms with E-state index in [-0.39, 0.29) is 5.82 Å². The summed E-state index contributed by atoms with van der Waals surface area (Å²) in [5, 5.41) is 10.2. The molecule has 0 amide bonds. The minimum atomic E-state index is -0.263. The van der Waals surface area contributed by atoms with Gasteiger partial charge in [0, 0.05) is 5.02 Å². The van der Waals surface area contributed by atoms with Gasteiger partial charge in [-0.25, -0.2) is 4.39 Å². The van der Waals surface area contributed by atoms with Crippen LogP contribution < -0.4 is 4.74 Å². The zero-order valence-electron chi connectivity index (χ0n) is 15.7. The molecule has 0 saturated carbocycles. The van der Waals surface area contributed by atoms with Gasteiger partial charge in [-0.2, -0.15) is 5.26 Å². The second kappa shape index (κ2) is 8.73. The van der Waals surface area contributed by atoms with E-state index >= 15 is 0 Å². The van der Waals surface area contributed by atoms with Crippen molar-refractivity contribution in [2.24, 2.45) is 0 Å². The van der Waals surface area contributed by atoms with Crippen LogP contribution in [0.5, 0.6) is 5.75 Å². The van der Waals surface area contributed by atoms with Gasteiger partial charge in [-0.1, -0.05) is 35.9 Å². The molecule has 3 aromatic rings. The molecule has 0 bridgehead atoms. The molecule has 0 fully saturated rings. The Labute approximate surface area is 169 Å². The summed E-state index contributed by atoms with van der Waals surface area (Å²) in [6, 6.07) is 19.7. The molecule has 0 N–H and O–H groups in total. The maximum atomic E-state index is 13.0. The molecule has 0 aliphatic heterocycles. The van der Waals surface area contributed by atoms with E-state index in [2.05, 4.69) is 6.07 Å². The van der Waals surface area contributed by atoms with Crippen LogP contribution in [0.2, 0.25) is 5.02 Å². The van der Waals surface area contributed by atoms with Crippen LogP contribution in [0.4, 0.5) is 4.39 Å². The van der Waals surface area contributed by atoms with Crippen LogP contribution in [0.15, 0.2) is 60.7 Å². The van der Waals surface area contributed by atoms with Crippen LogP contribution in [-0.4, -0.2) is 0 Å². The van der Waals surface area contributed by atoms with Gasteiger partial charge in [0.1, 0.15) is 18.2 Å². The van der Waals surface area contributed by atoms with E-state index in [4.69, 9.17) is 16.3 Å². The highest BCUT2D eigenvalue weighted by atomic mass is 35.5. The smallest absolute Gasteiger partial charge is 0.125 e. The highest BCUT2D eigenvalue weighted by Crippen LogP contribution is 2.28. The van der Waals surface area contributed by atoms with Crippen LogP contribution in [0.3, 0.4) is 0 Å². The Morgan fingerprint density at radius 3 is 2.21 bits per heavy atom. The Bertz CT molecular complexity index is 1020. The molecule has 0 atom stereocenters. The lowest BCUT2D eigenvalue weighted by Gasteiger charge is -2.13. The lowest BCUT2D eigenvalue weighted by Crippen LogP contribution is -1.99. The number of aryl methyl sites for hydroxylation is 2. The molecule has 4 heteroatoms. The maximum Gasteiger partial charge on any atom is 0.125 e. The Kier molecular flexibility index (Phi) is 6.13. The summed E-state index contributed by atoms with van der Waals surface area (Å²) in [7, 11) is 0. The first-order valence-corrected chi connectivity index (χ1v) is 9.20. The second-order valence-corrected chi connectivity index (χ2v) is 7.01. The molecule has 28 heavy (non-hydrogen) atoms. The normalized spacial score (nSPS) is 11.2. The fourth-order valence-electron chi connectivity index (χ4n) is 3.01. The Hall–Kier alpha value is -3.09. The Morgan fingerprint density at radius 2 is 1.64 bits per heavy atom.